The highest BCUT2D eigenvalue weighted by atomic mass is 32.2. The number of fused-ring (bicyclic) bond motifs is 1. The fourth-order valence-corrected chi connectivity index (χ4v) is 4.56. The third-order valence-electron chi connectivity index (χ3n) is 3.64. The van der Waals surface area contributed by atoms with Gasteiger partial charge in [-0.1, -0.05) is 6.07 Å². The number of hydrogen-bond acceptors (Lipinski definition) is 5. The van der Waals surface area contributed by atoms with Crippen molar-refractivity contribution in [3.63, 3.8) is 0 Å². The molecule has 112 valence electrons. The van der Waals surface area contributed by atoms with Crippen molar-refractivity contribution < 1.29 is 9.53 Å². The predicted molar refractivity (Wildman–Crippen MR) is 90.6 cm³/mol. The van der Waals surface area contributed by atoms with Crippen LogP contribution in [0.2, 0.25) is 0 Å². The molecule has 0 radical (unpaired) electrons. The highest BCUT2D eigenvalue weighted by molar-refractivity contribution is 7.99. The molecule has 6 heteroatoms. The molecule has 0 bridgehead atoms. The molecule has 1 aromatic carbocycles. The van der Waals surface area contributed by atoms with Gasteiger partial charge in [-0.3, -0.25) is 4.79 Å². The Bertz CT molecular complexity index is 661. The molecular formula is C15H18N2O2S2. The Morgan fingerprint density at radius 3 is 3.00 bits per heavy atom. The van der Waals surface area contributed by atoms with Crippen LogP contribution in [0, 0.1) is 0 Å². The molecule has 3 rings (SSSR count). The minimum atomic E-state index is 0.0539. The van der Waals surface area contributed by atoms with Crippen LogP contribution in [0.5, 0.6) is 5.75 Å². The molecule has 2 aromatic rings. The number of nitrogens with zero attached hydrogens (tertiary/aromatic N) is 1. The van der Waals surface area contributed by atoms with E-state index in [0.29, 0.717) is 10.6 Å². The maximum Gasteiger partial charge on any atom is 0.266 e. The number of nitrogen functional groups attached to an aromatic ring is 1. The second-order valence-electron chi connectivity index (χ2n) is 4.94. The summed E-state index contributed by atoms with van der Waals surface area (Å²) in [6.07, 6.45) is 1.05. The number of benzene rings is 1. The number of amides is 1. The maximum absolute atomic E-state index is 12.7. The molecule has 1 amide bonds. The number of thioether (sulfide) groups is 1. The van der Waals surface area contributed by atoms with E-state index in [9.17, 15) is 4.79 Å². The van der Waals surface area contributed by atoms with Crippen molar-refractivity contribution in [3.8, 4) is 5.75 Å². The number of carbonyl (C=O) groups is 1. The molecule has 1 fully saturated rings. The first-order chi connectivity index (χ1) is 10.2. The normalized spacial score (nSPS) is 16.0. The molecular weight excluding hydrogens is 304 g/mol. The van der Waals surface area contributed by atoms with Gasteiger partial charge in [0, 0.05) is 23.5 Å². The zero-order chi connectivity index (χ0) is 14.8. The third kappa shape index (κ3) is 2.70. The zero-order valence-electron chi connectivity index (χ0n) is 11.9. The number of methoxy groups -OCH3 is 1. The summed E-state index contributed by atoms with van der Waals surface area (Å²) < 4.78 is 6.36. The summed E-state index contributed by atoms with van der Waals surface area (Å²) in [5, 5.41) is 0.859. The lowest BCUT2D eigenvalue weighted by Gasteiger charge is -2.19. The Labute approximate surface area is 132 Å². The molecule has 2 heterocycles. The molecule has 1 aromatic heterocycles. The van der Waals surface area contributed by atoms with E-state index in [0.717, 1.165) is 46.9 Å². The first-order valence-electron chi connectivity index (χ1n) is 6.94. The van der Waals surface area contributed by atoms with E-state index in [4.69, 9.17) is 10.5 Å². The average Bonchev–Trinajstić information content (AvgIpc) is 2.70. The lowest BCUT2D eigenvalue weighted by atomic mass is 10.2. The minimum Gasteiger partial charge on any atom is -0.496 e. The van der Waals surface area contributed by atoms with Crippen molar-refractivity contribution in [2.45, 2.75) is 6.42 Å². The van der Waals surface area contributed by atoms with Crippen molar-refractivity contribution in [1.82, 2.24) is 4.90 Å². The first-order valence-corrected chi connectivity index (χ1v) is 8.91. The van der Waals surface area contributed by atoms with Gasteiger partial charge in [-0.2, -0.15) is 11.8 Å². The number of carbonyl (C=O) groups excluding carboxylic acids is 1. The first kappa shape index (κ1) is 14.5. The second kappa shape index (κ2) is 6.15. The SMILES string of the molecule is COc1cccc2sc(C(=O)N3CCCSCC3)c(N)c12. The van der Waals surface area contributed by atoms with Gasteiger partial charge in [-0.15, -0.1) is 11.3 Å². The van der Waals surface area contributed by atoms with Gasteiger partial charge in [0.25, 0.3) is 5.91 Å². The number of hydrogen-bond donors (Lipinski definition) is 1. The van der Waals surface area contributed by atoms with Crippen molar-refractivity contribution in [1.29, 1.82) is 0 Å². The van der Waals surface area contributed by atoms with E-state index in [1.165, 1.54) is 11.3 Å². The van der Waals surface area contributed by atoms with Crippen LogP contribution in [0.15, 0.2) is 18.2 Å². The molecule has 4 nitrogen and oxygen atoms in total. The van der Waals surface area contributed by atoms with Crippen molar-refractivity contribution in [2.24, 2.45) is 0 Å². The van der Waals surface area contributed by atoms with Gasteiger partial charge >= 0.3 is 0 Å². The van der Waals surface area contributed by atoms with Gasteiger partial charge in [0.15, 0.2) is 0 Å². The summed E-state index contributed by atoms with van der Waals surface area (Å²) in [6, 6.07) is 5.78. The number of rotatable bonds is 2. The molecule has 0 spiro atoms. The van der Waals surface area contributed by atoms with Crippen molar-refractivity contribution in [3.05, 3.63) is 23.1 Å². The number of ether oxygens (including phenoxy) is 1. The van der Waals surface area contributed by atoms with Gasteiger partial charge in [0.1, 0.15) is 10.6 Å². The van der Waals surface area contributed by atoms with E-state index in [1.54, 1.807) is 7.11 Å². The summed E-state index contributed by atoms with van der Waals surface area (Å²) in [7, 11) is 1.62. The second-order valence-corrected chi connectivity index (χ2v) is 7.21. The lowest BCUT2D eigenvalue weighted by molar-refractivity contribution is 0.0774. The Hall–Kier alpha value is -1.40. The van der Waals surface area contributed by atoms with E-state index in [2.05, 4.69) is 0 Å². The molecule has 0 unspecified atom stereocenters. The fourth-order valence-electron chi connectivity index (χ4n) is 2.56. The predicted octanol–water partition coefficient (Wildman–Crippen LogP) is 3.07. The Morgan fingerprint density at radius 1 is 1.33 bits per heavy atom. The van der Waals surface area contributed by atoms with Crippen LogP contribution in [0.1, 0.15) is 16.1 Å². The summed E-state index contributed by atoms with van der Waals surface area (Å²) in [5.74, 6) is 2.91. The quantitative estimate of drug-likeness (QED) is 0.923. The van der Waals surface area contributed by atoms with E-state index < -0.39 is 0 Å². The molecule has 0 aliphatic carbocycles. The molecule has 0 saturated carbocycles. The summed E-state index contributed by atoms with van der Waals surface area (Å²) in [6.45, 7) is 1.62. The molecule has 1 aliphatic rings. The molecule has 0 atom stereocenters. The van der Waals surface area contributed by atoms with Crippen LogP contribution < -0.4 is 10.5 Å². The van der Waals surface area contributed by atoms with Crippen LogP contribution in [0.25, 0.3) is 10.1 Å². The largest absolute Gasteiger partial charge is 0.496 e. The van der Waals surface area contributed by atoms with Crippen molar-refractivity contribution >= 4 is 44.8 Å². The highest BCUT2D eigenvalue weighted by Crippen LogP contribution is 2.40. The number of nitrogens with two attached hydrogens (primary N) is 1. The van der Waals surface area contributed by atoms with Crippen LogP contribution in [-0.2, 0) is 0 Å². The summed E-state index contributed by atoms with van der Waals surface area (Å²) in [4.78, 5) is 15.3. The smallest absolute Gasteiger partial charge is 0.266 e. The lowest BCUT2D eigenvalue weighted by Crippen LogP contribution is -2.32. The molecule has 1 saturated heterocycles. The zero-order valence-corrected chi connectivity index (χ0v) is 13.6. The summed E-state index contributed by atoms with van der Waals surface area (Å²) >= 11 is 3.36. The van der Waals surface area contributed by atoms with Gasteiger partial charge in [0.05, 0.1) is 18.2 Å². The van der Waals surface area contributed by atoms with E-state index in [-0.39, 0.29) is 5.91 Å². The van der Waals surface area contributed by atoms with Gasteiger partial charge < -0.3 is 15.4 Å². The van der Waals surface area contributed by atoms with Crippen LogP contribution >= 0.6 is 23.1 Å². The number of anilines is 1. The molecule has 21 heavy (non-hydrogen) atoms. The van der Waals surface area contributed by atoms with Gasteiger partial charge in [-0.05, 0) is 24.3 Å². The Kier molecular flexibility index (Phi) is 4.26. The Morgan fingerprint density at radius 2 is 2.19 bits per heavy atom. The van der Waals surface area contributed by atoms with E-state index in [1.807, 2.05) is 34.9 Å². The van der Waals surface area contributed by atoms with Crippen LogP contribution in [-0.4, -0.2) is 42.5 Å². The minimum absolute atomic E-state index is 0.0539. The van der Waals surface area contributed by atoms with E-state index >= 15 is 0 Å². The van der Waals surface area contributed by atoms with Crippen LogP contribution in [0.4, 0.5) is 5.69 Å². The maximum atomic E-state index is 12.7. The highest BCUT2D eigenvalue weighted by Gasteiger charge is 2.24. The standard InChI is InChI=1S/C15H18N2O2S2/c1-19-10-4-2-5-11-12(10)13(16)14(21-11)15(18)17-6-3-8-20-9-7-17/h2,4-5H,3,6-9,16H2,1H3. The number of thiophene rings is 1. The molecule has 1 aliphatic heterocycles. The average molecular weight is 322 g/mol. The van der Waals surface area contributed by atoms with Crippen molar-refractivity contribution in [2.75, 3.05) is 37.4 Å². The van der Waals surface area contributed by atoms with Gasteiger partial charge in [-0.25, -0.2) is 0 Å². The Balaban J connectivity index is 2.00. The van der Waals surface area contributed by atoms with Gasteiger partial charge in [0.2, 0.25) is 0 Å². The monoisotopic (exact) mass is 322 g/mol. The molecule has 2 N–H and O–H groups in total. The third-order valence-corrected chi connectivity index (χ3v) is 5.84. The van der Waals surface area contributed by atoms with Crippen LogP contribution in [0.3, 0.4) is 0 Å². The fraction of sp³-hybridized carbons (Fsp3) is 0.400. The topological polar surface area (TPSA) is 55.6 Å². The summed E-state index contributed by atoms with van der Waals surface area (Å²) in [5.41, 5.74) is 6.79.